The maximum absolute atomic E-state index is 10.4. The largest absolute Gasteiger partial charge is 0.497 e. The molecule has 1 saturated carbocycles. The highest BCUT2D eigenvalue weighted by Crippen LogP contribution is 2.36. The van der Waals surface area contributed by atoms with Crippen molar-refractivity contribution in [2.75, 3.05) is 27.1 Å². The van der Waals surface area contributed by atoms with E-state index in [9.17, 15) is 4.79 Å². The predicted molar refractivity (Wildman–Crippen MR) is 113 cm³/mol. The van der Waals surface area contributed by atoms with Gasteiger partial charge in [0.05, 0.1) is 19.3 Å². The second-order valence-electron chi connectivity index (χ2n) is 6.26. The third-order valence-electron chi connectivity index (χ3n) is 3.48. The molecule has 150 valence electrons. The van der Waals surface area contributed by atoms with Crippen molar-refractivity contribution in [1.82, 2.24) is 9.78 Å². The normalized spacial score (nSPS) is 12.3. The van der Waals surface area contributed by atoms with Crippen molar-refractivity contribution >= 4 is 18.0 Å². The minimum atomic E-state index is 0.566. The smallest absolute Gasteiger partial charge is 0.120 e. The molecule has 0 radical (unpaired) electrons. The summed E-state index contributed by atoms with van der Waals surface area (Å²) in [6.07, 6.45) is 9.24. The van der Waals surface area contributed by atoms with Crippen LogP contribution in [0.1, 0.15) is 45.6 Å². The highest BCUT2D eigenvalue weighted by Gasteiger charge is 2.24. The zero-order valence-electron chi connectivity index (χ0n) is 17.1. The summed E-state index contributed by atoms with van der Waals surface area (Å²) in [6.45, 7) is 4.25. The monoisotopic (exact) mass is 392 g/mol. The van der Waals surface area contributed by atoms with Crippen molar-refractivity contribution in [3.05, 3.63) is 30.6 Å². The fourth-order valence-electron chi connectivity index (χ4n) is 2.19. The molecule has 1 aromatic carbocycles. The predicted octanol–water partition coefficient (Wildman–Crippen LogP) is 5.25. The lowest BCUT2D eigenvalue weighted by Crippen LogP contribution is -1.92. The Morgan fingerprint density at radius 2 is 1.85 bits per heavy atom. The Hall–Kier alpha value is -1.79. The van der Waals surface area contributed by atoms with Crippen LogP contribution in [0.5, 0.6) is 5.75 Å². The van der Waals surface area contributed by atoms with E-state index in [0.717, 1.165) is 33.8 Å². The van der Waals surface area contributed by atoms with Crippen molar-refractivity contribution in [3.63, 3.8) is 0 Å². The summed E-state index contributed by atoms with van der Waals surface area (Å²) in [4.78, 5) is 11.5. The average Bonchev–Trinajstić information content (AvgIpc) is 3.40. The Morgan fingerprint density at radius 1 is 1.19 bits per heavy atom. The number of hydrogen-bond donors (Lipinski definition) is 0. The van der Waals surface area contributed by atoms with Gasteiger partial charge >= 0.3 is 0 Å². The molecular weight excluding hydrogens is 360 g/mol. The van der Waals surface area contributed by atoms with E-state index in [1.807, 2.05) is 23.0 Å². The van der Waals surface area contributed by atoms with E-state index in [4.69, 9.17) is 4.74 Å². The first kappa shape index (κ1) is 23.2. The minimum absolute atomic E-state index is 0.566. The second-order valence-corrected chi connectivity index (χ2v) is 7.42. The fraction of sp³-hybridized carbons (Fsp3) is 0.524. The van der Waals surface area contributed by atoms with Gasteiger partial charge < -0.3 is 14.3 Å². The van der Waals surface area contributed by atoms with Gasteiger partial charge in [0.2, 0.25) is 0 Å². The van der Waals surface area contributed by atoms with Gasteiger partial charge in [0.1, 0.15) is 12.0 Å². The summed E-state index contributed by atoms with van der Waals surface area (Å²) < 4.78 is 11.7. The van der Waals surface area contributed by atoms with Gasteiger partial charge in [-0.15, -0.1) is 11.8 Å². The van der Waals surface area contributed by atoms with Crippen molar-refractivity contribution in [2.45, 2.75) is 50.5 Å². The van der Waals surface area contributed by atoms with Crippen LogP contribution in [-0.4, -0.2) is 43.1 Å². The van der Waals surface area contributed by atoms with Crippen LogP contribution in [0, 0.1) is 0 Å². The molecule has 0 bridgehead atoms. The SMILES string of the molecule is CCC.COC.COc1cc(SCCC=O)cc(-c2cnn(C3CC3)c2)c1. The molecule has 1 fully saturated rings. The molecule has 0 amide bonds. The first-order chi connectivity index (χ1) is 13.1. The number of carbonyl (C=O) groups is 1. The number of nitrogens with zero attached hydrogens (tertiary/aromatic N) is 2. The van der Waals surface area contributed by atoms with Crippen LogP contribution in [0.25, 0.3) is 11.1 Å². The van der Waals surface area contributed by atoms with E-state index < -0.39 is 0 Å². The van der Waals surface area contributed by atoms with Crippen LogP contribution in [0.2, 0.25) is 0 Å². The molecule has 1 heterocycles. The van der Waals surface area contributed by atoms with Crippen molar-refractivity contribution < 1.29 is 14.3 Å². The number of methoxy groups -OCH3 is 2. The Balaban J connectivity index is 0.000000540. The van der Waals surface area contributed by atoms with Gasteiger partial charge in [-0.25, -0.2) is 0 Å². The molecule has 0 saturated heterocycles. The molecule has 0 aliphatic heterocycles. The van der Waals surface area contributed by atoms with Gasteiger partial charge in [0, 0.05) is 43.0 Å². The molecule has 1 aliphatic carbocycles. The molecule has 0 N–H and O–H groups in total. The molecular formula is C21H32N2O3S. The molecule has 2 aromatic rings. The number of benzene rings is 1. The number of rotatable bonds is 7. The maximum Gasteiger partial charge on any atom is 0.120 e. The van der Waals surface area contributed by atoms with Crippen molar-refractivity contribution in [2.24, 2.45) is 0 Å². The lowest BCUT2D eigenvalue weighted by atomic mass is 10.1. The van der Waals surface area contributed by atoms with E-state index in [0.29, 0.717) is 12.5 Å². The Kier molecular flexibility index (Phi) is 11.5. The van der Waals surface area contributed by atoms with Gasteiger partial charge in [-0.1, -0.05) is 20.3 Å². The lowest BCUT2D eigenvalue weighted by Gasteiger charge is -2.07. The second kappa shape index (κ2) is 13.4. The molecule has 5 nitrogen and oxygen atoms in total. The highest BCUT2D eigenvalue weighted by atomic mass is 32.2. The van der Waals surface area contributed by atoms with Gasteiger partial charge in [-0.05, 0) is 36.6 Å². The number of carbonyl (C=O) groups excluding carboxylic acids is 1. The van der Waals surface area contributed by atoms with Gasteiger partial charge in [0.25, 0.3) is 0 Å². The number of ether oxygens (including phenoxy) is 2. The molecule has 0 unspecified atom stereocenters. The van der Waals surface area contributed by atoms with Crippen LogP contribution in [0.15, 0.2) is 35.5 Å². The zero-order chi connectivity index (χ0) is 20.1. The maximum atomic E-state index is 10.4. The number of aromatic nitrogens is 2. The Morgan fingerprint density at radius 3 is 2.41 bits per heavy atom. The van der Waals surface area contributed by atoms with Crippen LogP contribution in [-0.2, 0) is 9.53 Å². The van der Waals surface area contributed by atoms with E-state index in [1.165, 1.54) is 19.3 Å². The Labute approximate surface area is 167 Å². The summed E-state index contributed by atoms with van der Waals surface area (Å²) in [5.74, 6) is 1.62. The molecule has 6 heteroatoms. The topological polar surface area (TPSA) is 53.4 Å². The van der Waals surface area contributed by atoms with E-state index in [-0.39, 0.29) is 0 Å². The van der Waals surface area contributed by atoms with Crippen molar-refractivity contribution in [1.29, 1.82) is 0 Å². The van der Waals surface area contributed by atoms with E-state index in [2.05, 4.69) is 35.9 Å². The summed E-state index contributed by atoms with van der Waals surface area (Å²) in [5.41, 5.74) is 2.22. The van der Waals surface area contributed by atoms with Gasteiger partial charge in [-0.3, -0.25) is 4.68 Å². The summed E-state index contributed by atoms with van der Waals surface area (Å²) in [6, 6.07) is 6.75. The van der Waals surface area contributed by atoms with Crippen LogP contribution < -0.4 is 4.74 Å². The summed E-state index contributed by atoms with van der Waals surface area (Å²) >= 11 is 1.67. The van der Waals surface area contributed by atoms with Crippen LogP contribution in [0.4, 0.5) is 0 Å². The molecule has 27 heavy (non-hydrogen) atoms. The molecule has 3 rings (SSSR count). The van der Waals surface area contributed by atoms with Crippen LogP contribution in [0.3, 0.4) is 0 Å². The number of thioether (sulfide) groups is 1. The molecule has 0 atom stereocenters. The van der Waals surface area contributed by atoms with E-state index >= 15 is 0 Å². The fourth-order valence-corrected chi connectivity index (χ4v) is 3.05. The number of hydrogen-bond acceptors (Lipinski definition) is 5. The quantitative estimate of drug-likeness (QED) is 0.366. The zero-order valence-corrected chi connectivity index (χ0v) is 17.9. The first-order valence-electron chi connectivity index (χ1n) is 9.33. The first-order valence-corrected chi connectivity index (χ1v) is 10.3. The standard InChI is InChI=1S/C16H18N2O2S.C3H8.C2H6O/c1-20-15-7-12(8-16(9-15)21-6-2-5-19)13-10-17-18(11-13)14-3-4-14;2*1-3-2/h5,7-11,14H,2-4,6H2,1H3;3H2,1-2H3;1-2H3. The summed E-state index contributed by atoms with van der Waals surface area (Å²) in [7, 11) is 4.92. The van der Waals surface area contributed by atoms with Crippen LogP contribution >= 0.6 is 11.8 Å². The highest BCUT2D eigenvalue weighted by molar-refractivity contribution is 7.99. The van der Waals surface area contributed by atoms with Gasteiger partial charge in [-0.2, -0.15) is 5.10 Å². The molecule has 1 aromatic heterocycles. The third-order valence-corrected chi connectivity index (χ3v) is 4.48. The molecule has 1 aliphatic rings. The minimum Gasteiger partial charge on any atom is -0.497 e. The van der Waals surface area contributed by atoms with Gasteiger partial charge in [0.15, 0.2) is 0 Å². The lowest BCUT2D eigenvalue weighted by molar-refractivity contribution is -0.107. The van der Waals surface area contributed by atoms with E-state index in [1.54, 1.807) is 33.1 Å². The van der Waals surface area contributed by atoms with Crippen molar-refractivity contribution in [3.8, 4) is 16.9 Å². The Bertz CT molecular complexity index is 667. The summed E-state index contributed by atoms with van der Waals surface area (Å²) in [5, 5.41) is 4.44. The third kappa shape index (κ3) is 8.63. The molecule has 0 spiro atoms. The average molecular weight is 393 g/mol. The number of aldehydes is 1.